The van der Waals surface area contributed by atoms with E-state index < -0.39 is 0 Å². The van der Waals surface area contributed by atoms with E-state index >= 15 is 0 Å². The molecule has 2 aromatic heterocycles. The lowest BCUT2D eigenvalue weighted by Crippen LogP contribution is -2.21. The van der Waals surface area contributed by atoms with Gasteiger partial charge in [0, 0.05) is 30.1 Å². The zero-order valence-corrected chi connectivity index (χ0v) is 13.8. The third kappa shape index (κ3) is 3.72. The standard InChI is InChI=1S/C18H15N3O2S/c1-12(22)14-5-2-6-15(8-14)18-21-11-16(24-18)17(23)20-10-13-4-3-7-19-9-13/h2-9,11H,10H2,1H3,(H,20,23). The molecule has 0 atom stereocenters. The molecule has 0 aliphatic heterocycles. The molecule has 0 spiro atoms. The van der Waals surface area contributed by atoms with Crippen LogP contribution in [0.15, 0.2) is 55.0 Å². The molecule has 1 N–H and O–H groups in total. The Labute approximate surface area is 143 Å². The molecule has 0 fully saturated rings. The second-order valence-corrected chi connectivity index (χ2v) is 6.24. The fourth-order valence-corrected chi connectivity index (χ4v) is 2.98. The summed E-state index contributed by atoms with van der Waals surface area (Å²) in [5, 5.41) is 3.56. The first-order valence-electron chi connectivity index (χ1n) is 7.38. The van der Waals surface area contributed by atoms with Gasteiger partial charge in [-0.1, -0.05) is 24.3 Å². The molecule has 24 heavy (non-hydrogen) atoms. The van der Waals surface area contributed by atoms with Crippen LogP contribution >= 0.6 is 11.3 Å². The molecule has 0 bridgehead atoms. The highest BCUT2D eigenvalue weighted by Crippen LogP contribution is 2.26. The summed E-state index contributed by atoms with van der Waals surface area (Å²) in [4.78, 5) is 32.5. The Morgan fingerprint density at radius 3 is 2.79 bits per heavy atom. The monoisotopic (exact) mass is 337 g/mol. The van der Waals surface area contributed by atoms with Gasteiger partial charge < -0.3 is 5.32 Å². The van der Waals surface area contributed by atoms with E-state index in [0.717, 1.165) is 11.1 Å². The predicted molar refractivity (Wildman–Crippen MR) is 93.0 cm³/mol. The summed E-state index contributed by atoms with van der Waals surface area (Å²) in [7, 11) is 0. The Bertz CT molecular complexity index is 875. The highest BCUT2D eigenvalue weighted by molar-refractivity contribution is 7.16. The molecule has 0 radical (unpaired) electrons. The Kier molecular flexibility index (Phi) is 4.77. The number of benzene rings is 1. The van der Waals surface area contributed by atoms with Gasteiger partial charge >= 0.3 is 0 Å². The van der Waals surface area contributed by atoms with E-state index in [2.05, 4.69) is 15.3 Å². The van der Waals surface area contributed by atoms with Gasteiger partial charge in [-0.15, -0.1) is 11.3 Å². The molecular weight excluding hydrogens is 322 g/mol. The fraction of sp³-hybridized carbons (Fsp3) is 0.111. The molecule has 0 aliphatic rings. The van der Waals surface area contributed by atoms with Crippen LogP contribution in [-0.4, -0.2) is 21.7 Å². The van der Waals surface area contributed by atoms with Crippen LogP contribution in [0.2, 0.25) is 0 Å². The average molecular weight is 337 g/mol. The topological polar surface area (TPSA) is 72.0 Å². The van der Waals surface area contributed by atoms with Crippen molar-refractivity contribution in [3.05, 3.63) is 71.0 Å². The fourth-order valence-electron chi connectivity index (χ4n) is 2.16. The summed E-state index contributed by atoms with van der Waals surface area (Å²) in [6.45, 7) is 1.94. The maximum atomic E-state index is 12.2. The van der Waals surface area contributed by atoms with Gasteiger partial charge in [-0.25, -0.2) is 4.98 Å². The number of pyridine rings is 1. The van der Waals surface area contributed by atoms with E-state index in [4.69, 9.17) is 0 Å². The summed E-state index contributed by atoms with van der Waals surface area (Å²) in [5.41, 5.74) is 2.40. The average Bonchev–Trinajstić information content (AvgIpc) is 3.11. The first-order chi connectivity index (χ1) is 11.6. The number of hydrogen-bond donors (Lipinski definition) is 1. The van der Waals surface area contributed by atoms with Gasteiger partial charge in [0.1, 0.15) is 9.88 Å². The predicted octanol–water partition coefficient (Wildman–Crippen LogP) is 3.34. The number of aromatic nitrogens is 2. The van der Waals surface area contributed by atoms with Gasteiger partial charge in [0.2, 0.25) is 0 Å². The number of rotatable bonds is 5. The first kappa shape index (κ1) is 16.0. The van der Waals surface area contributed by atoms with Crippen LogP contribution in [-0.2, 0) is 6.54 Å². The van der Waals surface area contributed by atoms with Crippen molar-refractivity contribution in [3.8, 4) is 10.6 Å². The molecule has 3 rings (SSSR count). The second kappa shape index (κ2) is 7.14. The number of nitrogens with one attached hydrogen (secondary N) is 1. The lowest BCUT2D eigenvalue weighted by molar-refractivity contribution is 0.0953. The Hall–Kier alpha value is -2.86. The number of amides is 1. The molecule has 0 saturated carbocycles. The van der Waals surface area contributed by atoms with Crippen molar-refractivity contribution in [2.45, 2.75) is 13.5 Å². The summed E-state index contributed by atoms with van der Waals surface area (Å²) in [5.74, 6) is -0.173. The Morgan fingerprint density at radius 1 is 1.17 bits per heavy atom. The van der Waals surface area contributed by atoms with Gasteiger partial charge in [0.15, 0.2) is 5.78 Å². The van der Waals surface area contributed by atoms with E-state index in [-0.39, 0.29) is 11.7 Å². The van der Waals surface area contributed by atoms with E-state index in [1.54, 1.807) is 30.7 Å². The molecule has 2 heterocycles. The van der Waals surface area contributed by atoms with Crippen LogP contribution in [0.5, 0.6) is 0 Å². The minimum absolute atomic E-state index is 0.00263. The van der Waals surface area contributed by atoms with Crippen LogP contribution in [0.4, 0.5) is 0 Å². The first-order valence-corrected chi connectivity index (χ1v) is 8.19. The number of carbonyl (C=O) groups excluding carboxylic acids is 2. The van der Waals surface area contributed by atoms with Crippen LogP contribution in [0.1, 0.15) is 32.5 Å². The SMILES string of the molecule is CC(=O)c1cccc(-c2ncc(C(=O)NCc3cccnc3)s2)c1. The highest BCUT2D eigenvalue weighted by atomic mass is 32.1. The van der Waals surface area contributed by atoms with Crippen molar-refractivity contribution in [3.63, 3.8) is 0 Å². The minimum atomic E-state index is -0.176. The van der Waals surface area contributed by atoms with Crippen LogP contribution < -0.4 is 5.32 Å². The van der Waals surface area contributed by atoms with Gasteiger partial charge in [0.25, 0.3) is 5.91 Å². The maximum absolute atomic E-state index is 12.2. The number of nitrogens with zero attached hydrogens (tertiary/aromatic N) is 2. The smallest absolute Gasteiger partial charge is 0.263 e. The molecule has 0 saturated heterocycles. The van der Waals surface area contributed by atoms with Gasteiger partial charge in [-0.3, -0.25) is 14.6 Å². The lowest BCUT2D eigenvalue weighted by Gasteiger charge is -2.02. The zero-order valence-electron chi connectivity index (χ0n) is 13.0. The Morgan fingerprint density at radius 2 is 2.04 bits per heavy atom. The van der Waals surface area contributed by atoms with Crippen molar-refractivity contribution >= 4 is 23.0 Å². The van der Waals surface area contributed by atoms with E-state index in [1.165, 1.54) is 18.3 Å². The van der Waals surface area contributed by atoms with Crippen molar-refractivity contribution < 1.29 is 9.59 Å². The normalized spacial score (nSPS) is 10.4. The van der Waals surface area contributed by atoms with Crippen molar-refractivity contribution in [2.75, 3.05) is 0 Å². The lowest BCUT2D eigenvalue weighted by atomic mass is 10.1. The van der Waals surface area contributed by atoms with Gasteiger partial charge in [0.05, 0.1) is 6.20 Å². The molecule has 0 aliphatic carbocycles. The molecule has 1 aromatic carbocycles. The molecule has 6 heteroatoms. The van der Waals surface area contributed by atoms with Crippen molar-refractivity contribution in [1.82, 2.24) is 15.3 Å². The van der Waals surface area contributed by atoms with Crippen molar-refractivity contribution in [2.24, 2.45) is 0 Å². The van der Waals surface area contributed by atoms with E-state index in [0.29, 0.717) is 22.0 Å². The maximum Gasteiger partial charge on any atom is 0.263 e. The van der Waals surface area contributed by atoms with Crippen LogP contribution in [0, 0.1) is 0 Å². The quantitative estimate of drug-likeness (QED) is 0.725. The number of carbonyl (C=O) groups is 2. The summed E-state index contributed by atoms with van der Waals surface area (Å²) >= 11 is 1.30. The zero-order chi connectivity index (χ0) is 16.9. The molecular formula is C18H15N3O2S. The molecule has 120 valence electrons. The highest BCUT2D eigenvalue weighted by Gasteiger charge is 2.12. The van der Waals surface area contributed by atoms with Crippen LogP contribution in [0.25, 0.3) is 10.6 Å². The Balaban J connectivity index is 1.72. The van der Waals surface area contributed by atoms with Crippen molar-refractivity contribution in [1.29, 1.82) is 0 Å². The minimum Gasteiger partial charge on any atom is -0.347 e. The third-order valence-electron chi connectivity index (χ3n) is 3.42. The second-order valence-electron chi connectivity index (χ2n) is 5.21. The summed E-state index contributed by atoms with van der Waals surface area (Å²) in [6.07, 6.45) is 4.96. The third-order valence-corrected chi connectivity index (χ3v) is 4.47. The molecule has 0 unspecified atom stereocenters. The van der Waals surface area contributed by atoms with Gasteiger partial charge in [-0.05, 0) is 24.6 Å². The molecule has 5 nitrogen and oxygen atoms in total. The number of ketones is 1. The largest absolute Gasteiger partial charge is 0.347 e. The molecule has 3 aromatic rings. The number of hydrogen-bond acceptors (Lipinski definition) is 5. The number of thiazole rings is 1. The summed E-state index contributed by atoms with van der Waals surface area (Å²) in [6, 6.07) is 11.0. The van der Waals surface area contributed by atoms with Gasteiger partial charge in [-0.2, -0.15) is 0 Å². The molecule has 1 amide bonds. The summed E-state index contributed by atoms with van der Waals surface area (Å²) < 4.78 is 0. The number of Topliss-reactive ketones (excluding diaryl/α,β-unsaturated/α-hetero) is 1. The van der Waals surface area contributed by atoms with E-state index in [9.17, 15) is 9.59 Å². The van der Waals surface area contributed by atoms with E-state index in [1.807, 2.05) is 24.3 Å². The van der Waals surface area contributed by atoms with Crippen LogP contribution in [0.3, 0.4) is 0 Å².